The van der Waals surface area contributed by atoms with Gasteiger partial charge in [0.2, 0.25) is 0 Å². The molecule has 5 rings (SSSR count). The average Bonchev–Trinajstić information content (AvgIpc) is 3.22. The lowest BCUT2D eigenvalue weighted by Gasteiger charge is -2.30. The van der Waals surface area contributed by atoms with Crippen LogP contribution >= 0.6 is 11.3 Å². The van der Waals surface area contributed by atoms with Crippen LogP contribution in [0.2, 0.25) is 0 Å². The molecule has 0 spiro atoms. The van der Waals surface area contributed by atoms with Gasteiger partial charge < -0.3 is 19.7 Å². The summed E-state index contributed by atoms with van der Waals surface area (Å²) < 4.78 is 26.1. The van der Waals surface area contributed by atoms with Gasteiger partial charge in [0.25, 0.3) is 0 Å². The molecule has 5 nitrogen and oxygen atoms in total. The molecule has 4 aromatic rings. The van der Waals surface area contributed by atoms with E-state index in [-0.39, 0.29) is 24.9 Å². The highest BCUT2D eigenvalue weighted by Gasteiger charge is 2.30. The number of halogens is 1. The summed E-state index contributed by atoms with van der Waals surface area (Å²) in [5.74, 6) is 0.850. The van der Waals surface area contributed by atoms with Gasteiger partial charge in [-0.25, -0.2) is 9.37 Å². The second-order valence-electron chi connectivity index (χ2n) is 7.91. The smallest absolute Gasteiger partial charge is 0.140 e. The summed E-state index contributed by atoms with van der Waals surface area (Å²) in [5, 5.41) is 21.1. The first-order valence-electron chi connectivity index (χ1n) is 10.4. The lowest BCUT2D eigenvalue weighted by atomic mass is 9.88. The molecule has 0 aliphatic carbocycles. The number of rotatable bonds is 6. The topological polar surface area (TPSA) is 71.8 Å². The number of fused-ring (bicyclic) bond motifs is 2. The van der Waals surface area contributed by atoms with Crippen molar-refractivity contribution >= 4 is 21.6 Å². The highest BCUT2D eigenvalue weighted by molar-refractivity contribution is 7.18. The van der Waals surface area contributed by atoms with Crippen LogP contribution in [0.3, 0.4) is 0 Å². The first kappa shape index (κ1) is 20.9. The Kier molecular flexibility index (Phi) is 5.78. The summed E-state index contributed by atoms with van der Waals surface area (Å²) in [6.45, 7) is 0.665. The molecular weight excluding hydrogens is 429 g/mol. The van der Waals surface area contributed by atoms with Crippen LogP contribution in [0.5, 0.6) is 11.5 Å². The quantitative estimate of drug-likeness (QED) is 0.441. The maximum absolute atomic E-state index is 13.4. The van der Waals surface area contributed by atoms with Gasteiger partial charge in [0.15, 0.2) is 0 Å². The van der Waals surface area contributed by atoms with E-state index in [4.69, 9.17) is 9.47 Å². The third-order valence-electron chi connectivity index (χ3n) is 5.63. The number of hydrogen-bond acceptors (Lipinski definition) is 6. The molecule has 32 heavy (non-hydrogen) atoms. The first-order valence-corrected chi connectivity index (χ1v) is 11.2. The summed E-state index contributed by atoms with van der Waals surface area (Å²) in [4.78, 5) is 4.43. The van der Waals surface area contributed by atoms with Crippen molar-refractivity contribution in [3.05, 3.63) is 88.2 Å². The Labute approximate surface area is 188 Å². The SMILES string of the molecule is OCc1cccc(C[C@@H]2COc3ccc(OCc4nc5cc(F)ccc5s4)cc3[C@@H]2O)c1. The number of thiazole rings is 1. The Morgan fingerprint density at radius 1 is 1.09 bits per heavy atom. The maximum Gasteiger partial charge on any atom is 0.140 e. The molecule has 2 N–H and O–H groups in total. The van der Waals surface area contributed by atoms with Crippen LogP contribution in [0, 0.1) is 11.7 Å². The summed E-state index contributed by atoms with van der Waals surface area (Å²) in [6.07, 6.45) is -0.0487. The number of aromatic nitrogens is 1. The summed E-state index contributed by atoms with van der Waals surface area (Å²) >= 11 is 1.46. The molecule has 164 valence electrons. The van der Waals surface area contributed by atoms with Crippen molar-refractivity contribution in [2.75, 3.05) is 6.61 Å². The maximum atomic E-state index is 13.4. The van der Waals surface area contributed by atoms with Crippen molar-refractivity contribution < 1.29 is 24.1 Å². The molecule has 0 fully saturated rings. The Bertz CT molecular complexity index is 1260. The molecule has 2 heterocycles. The van der Waals surface area contributed by atoms with Crippen LogP contribution in [0.1, 0.15) is 27.8 Å². The highest BCUT2D eigenvalue weighted by atomic mass is 32.1. The average molecular weight is 452 g/mol. The van der Waals surface area contributed by atoms with Crippen molar-refractivity contribution in [3.63, 3.8) is 0 Å². The van der Waals surface area contributed by atoms with E-state index in [1.54, 1.807) is 6.07 Å². The van der Waals surface area contributed by atoms with E-state index in [0.29, 0.717) is 35.6 Å². The molecule has 3 aromatic carbocycles. The Balaban J connectivity index is 1.30. The molecule has 2 atom stereocenters. The van der Waals surface area contributed by atoms with Crippen molar-refractivity contribution in [2.24, 2.45) is 5.92 Å². The fourth-order valence-corrected chi connectivity index (χ4v) is 4.87. The summed E-state index contributed by atoms with van der Waals surface area (Å²) in [5.41, 5.74) is 3.22. The summed E-state index contributed by atoms with van der Waals surface area (Å²) in [6, 6.07) is 17.7. The second-order valence-corrected chi connectivity index (χ2v) is 9.02. The molecule has 0 saturated carbocycles. The fourth-order valence-electron chi connectivity index (χ4n) is 4.00. The largest absolute Gasteiger partial charge is 0.493 e. The first-order chi connectivity index (χ1) is 15.6. The number of ether oxygens (including phenoxy) is 2. The van der Waals surface area contributed by atoms with Crippen LogP contribution < -0.4 is 9.47 Å². The number of aliphatic hydroxyl groups is 2. The van der Waals surface area contributed by atoms with Crippen molar-refractivity contribution in [2.45, 2.75) is 25.7 Å². The van der Waals surface area contributed by atoms with E-state index in [2.05, 4.69) is 4.98 Å². The third kappa shape index (κ3) is 4.32. The normalized spacial score (nSPS) is 17.7. The predicted molar refractivity (Wildman–Crippen MR) is 120 cm³/mol. The van der Waals surface area contributed by atoms with Crippen molar-refractivity contribution in [1.82, 2.24) is 4.98 Å². The van der Waals surface area contributed by atoms with E-state index in [0.717, 1.165) is 20.8 Å². The van der Waals surface area contributed by atoms with Gasteiger partial charge in [-0.1, -0.05) is 24.3 Å². The fraction of sp³-hybridized carbons (Fsp3) is 0.240. The number of aliphatic hydroxyl groups excluding tert-OH is 2. The van der Waals surface area contributed by atoms with Gasteiger partial charge in [0.1, 0.15) is 28.9 Å². The van der Waals surface area contributed by atoms with Crippen molar-refractivity contribution in [3.8, 4) is 11.5 Å². The lowest BCUT2D eigenvalue weighted by molar-refractivity contribution is 0.0504. The second kappa shape index (κ2) is 8.86. The number of hydrogen-bond donors (Lipinski definition) is 2. The van der Waals surface area contributed by atoms with E-state index >= 15 is 0 Å². The van der Waals surface area contributed by atoms with Crippen LogP contribution in [0.25, 0.3) is 10.2 Å². The van der Waals surface area contributed by atoms with Gasteiger partial charge in [0, 0.05) is 17.5 Å². The Morgan fingerprint density at radius 2 is 1.97 bits per heavy atom. The zero-order chi connectivity index (χ0) is 22.1. The number of nitrogens with zero attached hydrogens (tertiary/aromatic N) is 1. The van der Waals surface area contributed by atoms with Crippen LogP contribution in [-0.2, 0) is 19.6 Å². The van der Waals surface area contributed by atoms with Crippen LogP contribution in [0.15, 0.2) is 60.7 Å². The minimum absolute atomic E-state index is 0.00923. The molecule has 0 unspecified atom stereocenters. The van der Waals surface area contributed by atoms with Gasteiger partial charge in [-0.2, -0.15) is 0 Å². The molecule has 0 amide bonds. The highest BCUT2D eigenvalue weighted by Crippen LogP contribution is 2.39. The van der Waals surface area contributed by atoms with Gasteiger partial charge >= 0.3 is 0 Å². The predicted octanol–water partition coefficient (Wildman–Crippen LogP) is 4.79. The van der Waals surface area contributed by atoms with Gasteiger partial charge in [0.05, 0.1) is 29.5 Å². The Morgan fingerprint density at radius 3 is 2.84 bits per heavy atom. The Hall–Kier alpha value is -3.00. The standard InChI is InChI=1S/C25H22FNO4S/c26-18-4-7-23-21(10-18)27-24(32-23)14-30-19-5-6-22-20(11-19)25(29)17(13-31-22)9-15-2-1-3-16(8-15)12-28/h1-8,10-11,17,25,28-29H,9,12-14H2/t17-,25-/m1/s1. The van der Waals surface area contributed by atoms with Gasteiger partial charge in [-0.05, 0) is 47.9 Å². The molecule has 7 heteroatoms. The molecule has 0 radical (unpaired) electrons. The zero-order valence-electron chi connectivity index (χ0n) is 17.2. The van der Waals surface area contributed by atoms with E-state index in [1.165, 1.54) is 23.5 Å². The summed E-state index contributed by atoms with van der Waals surface area (Å²) in [7, 11) is 0. The van der Waals surface area contributed by atoms with E-state index in [1.807, 2.05) is 42.5 Å². The van der Waals surface area contributed by atoms with Gasteiger partial charge in [-0.3, -0.25) is 0 Å². The molecule has 1 aliphatic heterocycles. The molecule has 0 saturated heterocycles. The molecular formula is C25H22FNO4S. The zero-order valence-corrected chi connectivity index (χ0v) is 18.0. The van der Waals surface area contributed by atoms with Crippen LogP contribution in [-0.4, -0.2) is 21.8 Å². The molecule has 0 bridgehead atoms. The number of benzene rings is 3. The van der Waals surface area contributed by atoms with Crippen molar-refractivity contribution in [1.29, 1.82) is 0 Å². The minimum atomic E-state index is -0.689. The lowest BCUT2D eigenvalue weighted by Crippen LogP contribution is -2.27. The monoisotopic (exact) mass is 451 g/mol. The van der Waals surface area contributed by atoms with E-state index in [9.17, 15) is 14.6 Å². The van der Waals surface area contributed by atoms with E-state index < -0.39 is 6.10 Å². The minimum Gasteiger partial charge on any atom is -0.493 e. The van der Waals surface area contributed by atoms with Gasteiger partial charge in [-0.15, -0.1) is 11.3 Å². The van der Waals surface area contributed by atoms with Crippen LogP contribution in [0.4, 0.5) is 4.39 Å². The third-order valence-corrected chi connectivity index (χ3v) is 6.64. The molecule has 1 aliphatic rings. The molecule has 1 aromatic heterocycles.